The standard InChI is InChI=1S/C10H15F3N2O/c11-10(12,13)6-15-5-1-2-8(9(15)16)14-7-3-4-7/h7-8,14H,1-6H2. The summed E-state index contributed by atoms with van der Waals surface area (Å²) in [4.78, 5) is 12.7. The molecule has 92 valence electrons. The summed E-state index contributed by atoms with van der Waals surface area (Å²) in [6, 6.07) is -0.0524. The highest BCUT2D eigenvalue weighted by Gasteiger charge is 2.38. The van der Waals surface area contributed by atoms with Crippen molar-refractivity contribution in [3.63, 3.8) is 0 Å². The fourth-order valence-electron chi connectivity index (χ4n) is 2.00. The Kier molecular flexibility index (Phi) is 3.10. The van der Waals surface area contributed by atoms with E-state index in [-0.39, 0.29) is 6.54 Å². The van der Waals surface area contributed by atoms with Crippen LogP contribution in [0.15, 0.2) is 0 Å². The summed E-state index contributed by atoms with van der Waals surface area (Å²) in [5.74, 6) is -0.393. The summed E-state index contributed by atoms with van der Waals surface area (Å²) >= 11 is 0. The molecule has 0 radical (unpaired) electrons. The molecule has 1 aliphatic heterocycles. The molecule has 6 heteroatoms. The second kappa shape index (κ2) is 4.24. The number of nitrogens with zero attached hydrogens (tertiary/aromatic N) is 1. The zero-order valence-corrected chi connectivity index (χ0v) is 8.89. The predicted molar refractivity (Wildman–Crippen MR) is 51.8 cm³/mol. The first-order chi connectivity index (χ1) is 7.46. The van der Waals surface area contributed by atoms with Crippen LogP contribution in [0.2, 0.25) is 0 Å². The maximum absolute atomic E-state index is 12.2. The number of rotatable bonds is 3. The van der Waals surface area contributed by atoms with Crippen LogP contribution in [0.4, 0.5) is 13.2 Å². The monoisotopic (exact) mass is 236 g/mol. The van der Waals surface area contributed by atoms with Gasteiger partial charge in [-0.15, -0.1) is 0 Å². The maximum Gasteiger partial charge on any atom is 0.406 e. The number of hydrogen-bond acceptors (Lipinski definition) is 2. The van der Waals surface area contributed by atoms with Crippen LogP contribution in [0.3, 0.4) is 0 Å². The molecule has 1 atom stereocenters. The fraction of sp³-hybridized carbons (Fsp3) is 0.900. The number of carbonyl (C=O) groups excluding carboxylic acids is 1. The van der Waals surface area contributed by atoms with E-state index < -0.39 is 24.7 Å². The second-order valence-electron chi connectivity index (χ2n) is 4.51. The Hall–Kier alpha value is -0.780. The van der Waals surface area contributed by atoms with Crippen molar-refractivity contribution in [1.82, 2.24) is 10.2 Å². The van der Waals surface area contributed by atoms with E-state index in [0.29, 0.717) is 18.9 Å². The lowest BCUT2D eigenvalue weighted by atomic mass is 10.0. The van der Waals surface area contributed by atoms with Crippen molar-refractivity contribution in [3.05, 3.63) is 0 Å². The number of hydrogen-bond donors (Lipinski definition) is 1. The predicted octanol–water partition coefficient (Wildman–Crippen LogP) is 1.29. The molecule has 0 spiro atoms. The minimum atomic E-state index is -4.29. The van der Waals surface area contributed by atoms with Crippen LogP contribution in [0.1, 0.15) is 25.7 Å². The molecular formula is C10H15F3N2O. The van der Waals surface area contributed by atoms with E-state index in [9.17, 15) is 18.0 Å². The third-order valence-electron chi connectivity index (χ3n) is 2.91. The number of halogens is 3. The molecule has 16 heavy (non-hydrogen) atoms. The van der Waals surface area contributed by atoms with E-state index in [0.717, 1.165) is 17.7 Å². The van der Waals surface area contributed by atoms with E-state index in [1.807, 2.05) is 0 Å². The zero-order chi connectivity index (χ0) is 11.8. The van der Waals surface area contributed by atoms with Gasteiger partial charge in [-0.2, -0.15) is 13.2 Å². The molecule has 0 aromatic carbocycles. The summed E-state index contributed by atoms with van der Waals surface area (Å²) in [5, 5.41) is 3.10. The third-order valence-corrected chi connectivity index (χ3v) is 2.91. The van der Waals surface area contributed by atoms with Crippen LogP contribution in [0.5, 0.6) is 0 Å². The van der Waals surface area contributed by atoms with E-state index in [1.165, 1.54) is 0 Å². The van der Waals surface area contributed by atoms with E-state index in [1.54, 1.807) is 0 Å². The van der Waals surface area contributed by atoms with Crippen LogP contribution < -0.4 is 5.32 Å². The smallest absolute Gasteiger partial charge is 0.332 e. The average molecular weight is 236 g/mol. The Morgan fingerprint density at radius 3 is 2.56 bits per heavy atom. The van der Waals surface area contributed by atoms with Gasteiger partial charge in [0.15, 0.2) is 0 Å². The summed E-state index contributed by atoms with van der Waals surface area (Å²) < 4.78 is 36.6. The minimum Gasteiger partial charge on any atom is -0.332 e. The highest BCUT2D eigenvalue weighted by molar-refractivity contribution is 5.82. The van der Waals surface area contributed by atoms with E-state index >= 15 is 0 Å². The SMILES string of the molecule is O=C1C(NC2CC2)CCCN1CC(F)(F)F. The van der Waals surface area contributed by atoms with Gasteiger partial charge < -0.3 is 10.2 Å². The van der Waals surface area contributed by atoms with Crippen molar-refractivity contribution in [2.75, 3.05) is 13.1 Å². The molecule has 1 heterocycles. The van der Waals surface area contributed by atoms with Gasteiger partial charge in [0.2, 0.25) is 5.91 Å². The molecule has 0 aromatic heterocycles. The van der Waals surface area contributed by atoms with Gasteiger partial charge in [0, 0.05) is 12.6 Å². The lowest BCUT2D eigenvalue weighted by Crippen LogP contribution is -2.53. The van der Waals surface area contributed by atoms with Gasteiger partial charge in [0.25, 0.3) is 0 Å². The van der Waals surface area contributed by atoms with E-state index in [2.05, 4.69) is 5.32 Å². The molecule has 1 saturated carbocycles. The lowest BCUT2D eigenvalue weighted by Gasteiger charge is -2.33. The first kappa shape index (κ1) is 11.7. The Bertz CT molecular complexity index is 276. The van der Waals surface area contributed by atoms with Crippen molar-refractivity contribution in [3.8, 4) is 0 Å². The molecule has 2 rings (SSSR count). The van der Waals surface area contributed by atoms with Crippen LogP contribution in [0.25, 0.3) is 0 Å². The quantitative estimate of drug-likeness (QED) is 0.801. The van der Waals surface area contributed by atoms with Gasteiger partial charge in [-0.25, -0.2) is 0 Å². The van der Waals surface area contributed by atoms with Crippen molar-refractivity contribution in [1.29, 1.82) is 0 Å². The molecule has 1 amide bonds. The molecule has 2 aliphatic rings. The maximum atomic E-state index is 12.2. The molecule has 0 aromatic rings. The van der Waals surface area contributed by atoms with Crippen LogP contribution >= 0.6 is 0 Å². The van der Waals surface area contributed by atoms with Gasteiger partial charge in [0.1, 0.15) is 6.54 Å². The Morgan fingerprint density at radius 2 is 2.00 bits per heavy atom. The van der Waals surface area contributed by atoms with Crippen molar-refractivity contribution in [2.45, 2.75) is 43.9 Å². The van der Waals surface area contributed by atoms with Gasteiger partial charge in [-0.05, 0) is 25.7 Å². The number of alkyl halides is 3. The number of carbonyl (C=O) groups is 1. The van der Waals surface area contributed by atoms with E-state index in [4.69, 9.17) is 0 Å². The van der Waals surface area contributed by atoms with Crippen molar-refractivity contribution >= 4 is 5.91 Å². The number of amides is 1. The Morgan fingerprint density at radius 1 is 1.31 bits per heavy atom. The first-order valence-electron chi connectivity index (χ1n) is 5.57. The molecule has 2 fully saturated rings. The molecule has 3 nitrogen and oxygen atoms in total. The number of piperidine rings is 1. The minimum absolute atomic E-state index is 0.223. The van der Waals surface area contributed by atoms with Gasteiger partial charge >= 0.3 is 6.18 Å². The zero-order valence-electron chi connectivity index (χ0n) is 8.89. The topological polar surface area (TPSA) is 32.3 Å². The van der Waals surface area contributed by atoms with Crippen molar-refractivity contribution < 1.29 is 18.0 Å². The number of nitrogens with one attached hydrogen (secondary N) is 1. The summed E-state index contributed by atoms with van der Waals surface area (Å²) in [6.07, 6.45) is -0.931. The highest BCUT2D eigenvalue weighted by Crippen LogP contribution is 2.24. The normalized spacial score (nSPS) is 27.3. The molecule has 1 N–H and O–H groups in total. The van der Waals surface area contributed by atoms with Crippen LogP contribution in [-0.4, -0.2) is 42.2 Å². The average Bonchev–Trinajstić information content (AvgIpc) is 2.93. The Labute approximate surface area is 92.0 Å². The van der Waals surface area contributed by atoms with Crippen molar-refractivity contribution in [2.24, 2.45) is 0 Å². The Balaban J connectivity index is 1.90. The fourth-order valence-corrected chi connectivity index (χ4v) is 2.00. The van der Waals surface area contributed by atoms with Crippen LogP contribution in [-0.2, 0) is 4.79 Å². The molecule has 1 aliphatic carbocycles. The van der Waals surface area contributed by atoms with Crippen LogP contribution in [0, 0.1) is 0 Å². The van der Waals surface area contributed by atoms with Gasteiger partial charge in [-0.3, -0.25) is 4.79 Å². The first-order valence-corrected chi connectivity index (χ1v) is 5.57. The number of likely N-dealkylation sites (tertiary alicyclic amines) is 1. The third kappa shape index (κ3) is 3.10. The summed E-state index contributed by atoms with van der Waals surface area (Å²) in [6.45, 7) is -0.893. The van der Waals surface area contributed by atoms with Gasteiger partial charge in [-0.1, -0.05) is 0 Å². The molecule has 1 saturated heterocycles. The lowest BCUT2D eigenvalue weighted by molar-refractivity contribution is -0.165. The molecular weight excluding hydrogens is 221 g/mol. The summed E-state index contributed by atoms with van der Waals surface area (Å²) in [7, 11) is 0. The molecule has 0 bridgehead atoms. The summed E-state index contributed by atoms with van der Waals surface area (Å²) in [5.41, 5.74) is 0. The second-order valence-corrected chi connectivity index (χ2v) is 4.51. The molecule has 1 unspecified atom stereocenters. The highest BCUT2D eigenvalue weighted by atomic mass is 19.4. The largest absolute Gasteiger partial charge is 0.406 e. The van der Waals surface area contributed by atoms with Gasteiger partial charge in [0.05, 0.1) is 6.04 Å².